The second-order valence-electron chi connectivity index (χ2n) is 5.42. The molecule has 1 aromatic carbocycles. The summed E-state index contributed by atoms with van der Waals surface area (Å²) in [7, 11) is 3.36. The van der Waals surface area contributed by atoms with Crippen molar-refractivity contribution in [2.24, 2.45) is 4.99 Å². The number of methoxy groups -OCH3 is 1. The summed E-state index contributed by atoms with van der Waals surface area (Å²) >= 11 is 0. The van der Waals surface area contributed by atoms with Gasteiger partial charge in [0.25, 0.3) is 0 Å². The van der Waals surface area contributed by atoms with Gasteiger partial charge in [-0.1, -0.05) is 19.1 Å². The normalized spacial score (nSPS) is 12.2. The number of guanidine groups is 1. The minimum atomic E-state index is -0.350. The Morgan fingerprint density at radius 1 is 1.19 bits per heavy atom. The molecule has 0 saturated carbocycles. The number of ether oxygens (including phenoxy) is 3. The Kier molecular flexibility index (Phi) is 15.4. The van der Waals surface area contributed by atoms with Crippen molar-refractivity contribution in [3.63, 3.8) is 0 Å². The van der Waals surface area contributed by atoms with Crippen LogP contribution in [0.4, 0.5) is 4.39 Å². The van der Waals surface area contributed by atoms with Crippen LogP contribution in [0.25, 0.3) is 0 Å². The van der Waals surface area contributed by atoms with Crippen LogP contribution in [0.3, 0.4) is 0 Å². The monoisotopic (exact) mass is 483 g/mol. The van der Waals surface area contributed by atoms with E-state index in [0.29, 0.717) is 32.3 Å². The predicted octanol–water partition coefficient (Wildman–Crippen LogP) is 2.82. The molecule has 0 aliphatic heterocycles. The standard InChI is InChI=1S/C18H30FN3O3.HI/c1-4-15(25-17-9-6-5-8-16(17)19)14-22-18(20-2)21-10-7-11-24-13-12-23-3;/h5-6,8-9,15H,4,7,10-14H2,1-3H3,(H2,20,21,22);1H. The molecule has 0 fully saturated rings. The minimum Gasteiger partial charge on any atom is -0.486 e. The fourth-order valence-corrected chi connectivity index (χ4v) is 2.05. The average molecular weight is 483 g/mol. The van der Waals surface area contributed by atoms with Crippen LogP contribution in [0.2, 0.25) is 0 Å². The van der Waals surface area contributed by atoms with Gasteiger partial charge in [-0.3, -0.25) is 4.99 Å². The zero-order valence-electron chi connectivity index (χ0n) is 15.8. The second kappa shape index (κ2) is 16.1. The van der Waals surface area contributed by atoms with E-state index >= 15 is 0 Å². The third-order valence-corrected chi connectivity index (χ3v) is 3.50. The first kappa shape index (κ1) is 24.9. The number of hydrogen-bond donors (Lipinski definition) is 2. The lowest BCUT2D eigenvalue weighted by Crippen LogP contribution is -2.43. The Morgan fingerprint density at radius 2 is 1.96 bits per heavy atom. The van der Waals surface area contributed by atoms with E-state index in [1.807, 2.05) is 6.92 Å². The van der Waals surface area contributed by atoms with Gasteiger partial charge in [-0.2, -0.15) is 0 Å². The average Bonchev–Trinajstić information content (AvgIpc) is 2.63. The van der Waals surface area contributed by atoms with Crippen LogP contribution in [-0.4, -0.2) is 59.1 Å². The number of nitrogens with one attached hydrogen (secondary N) is 2. The molecule has 0 aliphatic carbocycles. The molecule has 1 unspecified atom stereocenters. The summed E-state index contributed by atoms with van der Waals surface area (Å²) in [6.07, 6.45) is 1.48. The number of hydrogen-bond acceptors (Lipinski definition) is 4. The summed E-state index contributed by atoms with van der Waals surface area (Å²) in [5.74, 6) is 0.608. The van der Waals surface area contributed by atoms with Gasteiger partial charge in [0.15, 0.2) is 17.5 Å². The quantitative estimate of drug-likeness (QED) is 0.207. The molecule has 0 spiro atoms. The van der Waals surface area contributed by atoms with Crippen LogP contribution >= 0.6 is 24.0 Å². The fourth-order valence-electron chi connectivity index (χ4n) is 2.05. The summed E-state index contributed by atoms with van der Waals surface area (Å²) in [5.41, 5.74) is 0. The zero-order valence-corrected chi connectivity index (χ0v) is 18.1. The summed E-state index contributed by atoms with van der Waals surface area (Å²) in [4.78, 5) is 4.17. The maximum atomic E-state index is 13.7. The summed E-state index contributed by atoms with van der Waals surface area (Å²) in [6.45, 7) is 5.17. The van der Waals surface area contributed by atoms with Crippen molar-refractivity contribution >= 4 is 29.9 Å². The first-order valence-electron chi connectivity index (χ1n) is 8.63. The number of nitrogens with zero attached hydrogens (tertiary/aromatic N) is 1. The van der Waals surface area contributed by atoms with Crippen molar-refractivity contribution in [1.82, 2.24) is 10.6 Å². The Labute approximate surface area is 172 Å². The van der Waals surface area contributed by atoms with Crippen molar-refractivity contribution < 1.29 is 18.6 Å². The van der Waals surface area contributed by atoms with Gasteiger partial charge >= 0.3 is 0 Å². The van der Waals surface area contributed by atoms with Gasteiger partial charge in [-0.15, -0.1) is 24.0 Å². The SMILES string of the molecule is CCC(CNC(=NC)NCCCOCCOC)Oc1ccccc1F.I. The second-order valence-corrected chi connectivity index (χ2v) is 5.42. The molecule has 0 radical (unpaired) electrons. The molecule has 0 aliphatic rings. The number of benzene rings is 1. The van der Waals surface area contributed by atoms with Crippen molar-refractivity contribution in [3.8, 4) is 5.75 Å². The highest BCUT2D eigenvalue weighted by molar-refractivity contribution is 14.0. The molecule has 1 rings (SSSR count). The van der Waals surface area contributed by atoms with E-state index in [1.54, 1.807) is 32.4 Å². The van der Waals surface area contributed by atoms with Gasteiger partial charge in [0, 0.05) is 27.3 Å². The third kappa shape index (κ3) is 10.8. The van der Waals surface area contributed by atoms with Gasteiger partial charge in [0.05, 0.1) is 19.8 Å². The van der Waals surface area contributed by atoms with E-state index in [-0.39, 0.29) is 41.6 Å². The van der Waals surface area contributed by atoms with Crippen molar-refractivity contribution in [2.75, 3.05) is 47.1 Å². The number of halogens is 2. The van der Waals surface area contributed by atoms with Gasteiger partial charge in [0.2, 0.25) is 0 Å². The van der Waals surface area contributed by atoms with Crippen molar-refractivity contribution in [1.29, 1.82) is 0 Å². The Balaban J connectivity index is 0.00000625. The largest absolute Gasteiger partial charge is 0.486 e. The summed E-state index contributed by atoms with van der Waals surface area (Å²) < 4.78 is 29.7. The molecule has 0 saturated heterocycles. The van der Waals surface area contributed by atoms with E-state index in [9.17, 15) is 4.39 Å². The van der Waals surface area contributed by atoms with Gasteiger partial charge < -0.3 is 24.8 Å². The van der Waals surface area contributed by atoms with Crippen LogP contribution in [-0.2, 0) is 9.47 Å². The van der Waals surface area contributed by atoms with E-state index in [4.69, 9.17) is 14.2 Å². The van der Waals surface area contributed by atoms with E-state index in [1.165, 1.54) is 6.07 Å². The minimum absolute atomic E-state index is 0. The van der Waals surface area contributed by atoms with Crippen LogP contribution < -0.4 is 15.4 Å². The molecule has 1 aromatic rings. The molecule has 150 valence electrons. The molecule has 0 amide bonds. The molecule has 1 atom stereocenters. The topological polar surface area (TPSA) is 64.1 Å². The first-order chi connectivity index (χ1) is 12.2. The van der Waals surface area contributed by atoms with Crippen molar-refractivity contribution in [3.05, 3.63) is 30.1 Å². The van der Waals surface area contributed by atoms with Crippen LogP contribution in [0.15, 0.2) is 29.3 Å². The molecule has 0 aromatic heterocycles. The molecule has 0 heterocycles. The summed E-state index contributed by atoms with van der Waals surface area (Å²) in [5, 5.41) is 6.42. The highest BCUT2D eigenvalue weighted by atomic mass is 127. The van der Waals surface area contributed by atoms with Gasteiger partial charge in [0.1, 0.15) is 6.10 Å². The highest BCUT2D eigenvalue weighted by Crippen LogP contribution is 2.17. The van der Waals surface area contributed by atoms with Crippen LogP contribution in [0.5, 0.6) is 5.75 Å². The predicted molar refractivity (Wildman–Crippen MR) is 113 cm³/mol. The lowest BCUT2D eigenvalue weighted by Gasteiger charge is -2.20. The molecular formula is C18H31FIN3O3. The van der Waals surface area contributed by atoms with Crippen LogP contribution in [0, 0.1) is 5.82 Å². The number of para-hydroxylation sites is 1. The maximum absolute atomic E-state index is 13.7. The Hall–Kier alpha value is -1.13. The molecule has 0 bridgehead atoms. The van der Waals surface area contributed by atoms with Gasteiger partial charge in [-0.05, 0) is 25.0 Å². The van der Waals surface area contributed by atoms with E-state index in [2.05, 4.69) is 15.6 Å². The molecular weight excluding hydrogens is 452 g/mol. The maximum Gasteiger partial charge on any atom is 0.191 e. The van der Waals surface area contributed by atoms with E-state index in [0.717, 1.165) is 19.4 Å². The number of rotatable bonds is 12. The van der Waals surface area contributed by atoms with Crippen molar-refractivity contribution in [2.45, 2.75) is 25.9 Å². The zero-order chi connectivity index (χ0) is 18.3. The lowest BCUT2D eigenvalue weighted by atomic mass is 10.2. The molecule has 6 nitrogen and oxygen atoms in total. The molecule has 8 heteroatoms. The fraction of sp³-hybridized carbons (Fsp3) is 0.611. The Morgan fingerprint density at radius 3 is 2.62 bits per heavy atom. The highest BCUT2D eigenvalue weighted by Gasteiger charge is 2.11. The van der Waals surface area contributed by atoms with Gasteiger partial charge in [-0.25, -0.2) is 4.39 Å². The Bertz CT molecular complexity index is 506. The first-order valence-corrected chi connectivity index (χ1v) is 8.63. The smallest absolute Gasteiger partial charge is 0.191 e. The molecule has 2 N–H and O–H groups in total. The lowest BCUT2D eigenvalue weighted by molar-refractivity contribution is 0.0698. The number of aliphatic imine (C=N–C) groups is 1. The molecule has 26 heavy (non-hydrogen) atoms. The van der Waals surface area contributed by atoms with E-state index < -0.39 is 0 Å². The third-order valence-electron chi connectivity index (χ3n) is 3.50. The summed E-state index contributed by atoms with van der Waals surface area (Å²) in [6, 6.07) is 6.43. The van der Waals surface area contributed by atoms with Crippen LogP contribution in [0.1, 0.15) is 19.8 Å².